The third-order valence-electron chi connectivity index (χ3n) is 4.60. The summed E-state index contributed by atoms with van der Waals surface area (Å²) in [6, 6.07) is 11.9. The zero-order valence-corrected chi connectivity index (χ0v) is 18.1. The van der Waals surface area contributed by atoms with Gasteiger partial charge in [0.1, 0.15) is 18.1 Å². The number of aromatic carboxylic acids is 1. The van der Waals surface area contributed by atoms with E-state index in [0.717, 1.165) is 21.8 Å². The van der Waals surface area contributed by atoms with Crippen LogP contribution in [0.1, 0.15) is 52.1 Å². The summed E-state index contributed by atoms with van der Waals surface area (Å²) >= 11 is 1.42. The zero-order valence-electron chi connectivity index (χ0n) is 17.3. The van der Waals surface area contributed by atoms with Crippen molar-refractivity contribution in [3.8, 4) is 11.5 Å². The SMILES string of the molecule is CCCc1c(OCc2cncc(Sc3cccc(C(=O)O)c3)c2)ccc(C(C)=O)c1O. The molecule has 0 amide bonds. The Balaban J connectivity index is 1.76. The van der Waals surface area contributed by atoms with Crippen LogP contribution in [0.5, 0.6) is 11.5 Å². The van der Waals surface area contributed by atoms with Gasteiger partial charge in [0.15, 0.2) is 5.78 Å². The van der Waals surface area contributed by atoms with Crippen LogP contribution in [-0.2, 0) is 13.0 Å². The van der Waals surface area contributed by atoms with Gasteiger partial charge in [0.05, 0.1) is 11.1 Å². The highest BCUT2D eigenvalue weighted by molar-refractivity contribution is 7.99. The molecule has 1 heterocycles. The van der Waals surface area contributed by atoms with Crippen LogP contribution in [0.2, 0.25) is 0 Å². The van der Waals surface area contributed by atoms with Gasteiger partial charge >= 0.3 is 5.97 Å². The van der Waals surface area contributed by atoms with E-state index in [0.29, 0.717) is 23.3 Å². The molecule has 1 aromatic heterocycles. The molecule has 2 aromatic carbocycles. The van der Waals surface area contributed by atoms with E-state index in [1.54, 1.807) is 42.7 Å². The molecule has 0 spiro atoms. The van der Waals surface area contributed by atoms with Crippen LogP contribution in [0.15, 0.2) is 64.6 Å². The molecule has 0 aliphatic carbocycles. The Morgan fingerprint density at radius 2 is 1.90 bits per heavy atom. The second-order valence-electron chi connectivity index (χ2n) is 7.00. The number of rotatable bonds is 9. The summed E-state index contributed by atoms with van der Waals surface area (Å²) < 4.78 is 5.95. The molecule has 2 N–H and O–H groups in total. The van der Waals surface area contributed by atoms with E-state index < -0.39 is 5.97 Å². The molecule has 0 aliphatic heterocycles. The summed E-state index contributed by atoms with van der Waals surface area (Å²) in [5, 5.41) is 19.6. The van der Waals surface area contributed by atoms with Crippen LogP contribution in [0.4, 0.5) is 0 Å². The molecule has 0 fully saturated rings. The highest BCUT2D eigenvalue weighted by Gasteiger charge is 2.16. The van der Waals surface area contributed by atoms with Crippen LogP contribution < -0.4 is 4.74 Å². The first-order valence-corrected chi connectivity index (χ1v) is 10.6. The number of pyridine rings is 1. The van der Waals surface area contributed by atoms with Gasteiger partial charge in [0.2, 0.25) is 0 Å². The summed E-state index contributed by atoms with van der Waals surface area (Å²) in [6.07, 6.45) is 4.79. The maximum Gasteiger partial charge on any atom is 0.335 e. The number of aromatic nitrogens is 1. The fraction of sp³-hybridized carbons (Fsp3) is 0.208. The number of hydrogen-bond acceptors (Lipinski definition) is 6. The molecule has 0 atom stereocenters. The van der Waals surface area contributed by atoms with Crippen molar-refractivity contribution in [2.45, 2.75) is 43.1 Å². The van der Waals surface area contributed by atoms with Gasteiger partial charge in [-0.25, -0.2) is 4.79 Å². The molecule has 0 saturated carbocycles. The number of carbonyl (C=O) groups excluding carboxylic acids is 1. The summed E-state index contributed by atoms with van der Waals surface area (Å²) in [5.74, 6) is -0.642. The lowest BCUT2D eigenvalue weighted by Crippen LogP contribution is -2.03. The van der Waals surface area contributed by atoms with Crippen LogP contribution in [-0.4, -0.2) is 26.9 Å². The number of carboxylic acid groups (broad SMARTS) is 1. The largest absolute Gasteiger partial charge is 0.507 e. The molecular formula is C24H23NO5S. The first-order valence-electron chi connectivity index (χ1n) is 9.82. The standard InChI is InChI=1S/C24H23NO5S/c1-3-5-21-22(9-8-20(15(2)26)23(21)27)30-14-16-10-19(13-25-12-16)31-18-7-4-6-17(11-18)24(28)29/h4,6-13,27H,3,5,14H2,1-2H3,(H,28,29). The number of phenols is 1. The normalized spacial score (nSPS) is 10.6. The smallest absolute Gasteiger partial charge is 0.335 e. The van der Waals surface area contributed by atoms with Crippen molar-refractivity contribution in [2.75, 3.05) is 0 Å². The van der Waals surface area contributed by atoms with E-state index >= 15 is 0 Å². The lowest BCUT2D eigenvalue weighted by molar-refractivity contribution is 0.0696. The highest BCUT2D eigenvalue weighted by Crippen LogP contribution is 2.34. The first kappa shape index (κ1) is 22.4. The quantitative estimate of drug-likeness (QED) is 0.434. The Bertz CT molecular complexity index is 1110. The number of hydrogen-bond donors (Lipinski definition) is 2. The van der Waals surface area contributed by atoms with E-state index in [-0.39, 0.29) is 23.7 Å². The van der Waals surface area contributed by atoms with Gasteiger partial charge < -0.3 is 14.9 Å². The van der Waals surface area contributed by atoms with Crippen molar-refractivity contribution in [2.24, 2.45) is 0 Å². The molecule has 7 heteroatoms. The van der Waals surface area contributed by atoms with Crippen LogP contribution >= 0.6 is 11.8 Å². The van der Waals surface area contributed by atoms with Gasteiger partial charge in [-0.1, -0.05) is 31.2 Å². The topological polar surface area (TPSA) is 96.7 Å². The fourth-order valence-corrected chi connectivity index (χ4v) is 4.05. The summed E-state index contributed by atoms with van der Waals surface area (Å²) in [5.41, 5.74) is 1.98. The number of ketones is 1. The minimum Gasteiger partial charge on any atom is -0.507 e. The zero-order chi connectivity index (χ0) is 22.4. The van der Waals surface area contributed by atoms with Gasteiger partial charge in [0.25, 0.3) is 0 Å². The lowest BCUT2D eigenvalue weighted by Gasteiger charge is -2.15. The van der Waals surface area contributed by atoms with Crippen LogP contribution in [0.3, 0.4) is 0 Å². The number of Topliss-reactive ketones (excluding diaryl/α,β-unsaturated/α-hetero) is 1. The molecular weight excluding hydrogens is 414 g/mol. The molecule has 0 radical (unpaired) electrons. The predicted octanol–water partition coefficient (Wildman–Crippen LogP) is 5.37. The molecule has 0 aliphatic rings. The predicted molar refractivity (Wildman–Crippen MR) is 118 cm³/mol. The molecule has 0 unspecified atom stereocenters. The molecule has 3 aromatic rings. The van der Waals surface area contributed by atoms with Crippen molar-refractivity contribution in [1.29, 1.82) is 0 Å². The number of ether oxygens (including phenoxy) is 1. The number of aromatic hydroxyl groups is 1. The molecule has 0 bridgehead atoms. The average Bonchev–Trinajstić information content (AvgIpc) is 2.74. The van der Waals surface area contributed by atoms with Gasteiger partial charge in [-0.2, -0.15) is 0 Å². The Hall–Kier alpha value is -3.32. The Kier molecular flexibility index (Phi) is 7.31. The maximum atomic E-state index is 11.7. The van der Waals surface area contributed by atoms with Crippen LogP contribution in [0.25, 0.3) is 0 Å². The first-order chi connectivity index (χ1) is 14.9. The third kappa shape index (κ3) is 5.64. The summed E-state index contributed by atoms with van der Waals surface area (Å²) in [6.45, 7) is 3.66. The molecule has 0 saturated heterocycles. The average molecular weight is 438 g/mol. The number of carboxylic acids is 1. The van der Waals surface area contributed by atoms with Gasteiger partial charge in [-0.3, -0.25) is 9.78 Å². The molecule has 160 valence electrons. The minimum absolute atomic E-state index is 0.0207. The number of carbonyl (C=O) groups is 2. The van der Waals surface area contributed by atoms with Crippen molar-refractivity contribution in [3.05, 3.63) is 77.1 Å². The van der Waals surface area contributed by atoms with Gasteiger partial charge in [-0.15, -0.1) is 0 Å². The van der Waals surface area contributed by atoms with Crippen molar-refractivity contribution in [3.63, 3.8) is 0 Å². The van der Waals surface area contributed by atoms with Crippen molar-refractivity contribution in [1.82, 2.24) is 4.98 Å². The second-order valence-corrected chi connectivity index (χ2v) is 8.14. The monoisotopic (exact) mass is 437 g/mol. The van der Waals surface area contributed by atoms with E-state index in [1.165, 1.54) is 18.7 Å². The third-order valence-corrected chi connectivity index (χ3v) is 5.55. The maximum absolute atomic E-state index is 11.7. The fourth-order valence-electron chi connectivity index (χ4n) is 3.12. The molecule has 3 rings (SSSR count). The van der Waals surface area contributed by atoms with E-state index in [2.05, 4.69) is 4.98 Å². The number of phenolic OH excluding ortho intramolecular Hbond substituents is 1. The highest BCUT2D eigenvalue weighted by atomic mass is 32.2. The van der Waals surface area contributed by atoms with Gasteiger partial charge in [-0.05, 0) is 49.7 Å². The van der Waals surface area contributed by atoms with Gasteiger partial charge in [0, 0.05) is 33.3 Å². The van der Waals surface area contributed by atoms with E-state index in [1.807, 2.05) is 19.1 Å². The summed E-state index contributed by atoms with van der Waals surface area (Å²) in [7, 11) is 0. The molecule has 6 nitrogen and oxygen atoms in total. The Labute approximate surface area is 184 Å². The number of nitrogens with zero attached hydrogens (tertiary/aromatic N) is 1. The molecule has 31 heavy (non-hydrogen) atoms. The minimum atomic E-state index is -0.968. The Morgan fingerprint density at radius 1 is 1.10 bits per heavy atom. The lowest BCUT2D eigenvalue weighted by atomic mass is 10.0. The Morgan fingerprint density at radius 3 is 2.61 bits per heavy atom. The summed E-state index contributed by atoms with van der Waals surface area (Å²) in [4.78, 5) is 28.8. The second kappa shape index (κ2) is 10.1. The number of benzene rings is 2. The van der Waals surface area contributed by atoms with E-state index in [4.69, 9.17) is 9.84 Å². The van der Waals surface area contributed by atoms with Crippen LogP contribution in [0, 0.1) is 0 Å². The van der Waals surface area contributed by atoms with Crippen molar-refractivity contribution >= 4 is 23.5 Å². The van der Waals surface area contributed by atoms with E-state index in [9.17, 15) is 14.7 Å². The van der Waals surface area contributed by atoms with Crippen molar-refractivity contribution < 1.29 is 24.5 Å².